The number of amides is 1. The zero-order valence-corrected chi connectivity index (χ0v) is 12.9. The quantitative estimate of drug-likeness (QED) is 0.862. The van der Waals surface area contributed by atoms with E-state index in [1.54, 1.807) is 19.9 Å². The van der Waals surface area contributed by atoms with E-state index in [-0.39, 0.29) is 18.3 Å². The number of rotatable bonds is 5. The molecule has 0 aliphatic heterocycles. The third kappa shape index (κ3) is 3.75. The molecule has 0 saturated carbocycles. The standard InChI is InChI=1S/C17H19NO4/c1-11-9-14(12(2)22-11)17(20)18-15(10-16(19)21-3)13-7-5-4-6-8-13/h4-9,15H,10H2,1-3H3,(H,18,20)/t15-/m0/s1. The second-order valence-corrected chi connectivity index (χ2v) is 5.04. The van der Waals surface area contributed by atoms with Gasteiger partial charge in [-0.25, -0.2) is 0 Å². The van der Waals surface area contributed by atoms with Gasteiger partial charge in [-0.15, -0.1) is 0 Å². The summed E-state index contributed by atoms with van der Waals surface area (Å²) in [7, 11) is 1.33. The van der Waals surface area contributed by atoms with Crippen molar-refractivity contribution in [2.24, 2.45) is 0 Å². The Morgan fingerprint density at radius 2 is 1.91 bits per heavy atom. The first-order valence-electron chi connectivity index (χ1n) is 7.01. The van der Waals surface area contributed by atoms with Gasteiger partial charge in [0.2, 0.25) is 0 Å². The van der Waals surface area contributed by atoms with Crippen molar-refractivity contribution in [3.05, 3.63) is 59.0 Å². The number of esters is 1. The molecule has 0 radical (unpaired) electrons. The summed E-state index contributed by atoms with van der Waals surface area (Å²) < 4.78 is 10.1. The number of nitrogens with one attached hydrogen (secondary N) is 1. The normalized spacial score (nSPS) is 11.8. The van der Waals surface area contributed by atoms with Gasteiger partial charge in [-0.1, -0.05) is 30.3 Å². The summed E-state index contributed by atoms with van der Waals surface area (Å²) in [6, 6.07) is 10.6. The molecule has 0 bridgehead atoms. The van der Waals surface area contributed by atoms with Crippen LogP contribution < -0.4 is 5.32 Å². The second kappa shape index (κ2) is 6.93. The number of ether oxygens (including phenoxy) is 1. The molecule has 2 rings (SSSR count). The molecule has 1 heterocycles. The minimum Gasteiger partial charge on any atom is -0.469 e. The van der Waals surface area contributed by atoms with E-state index < -0.39 is 6.04 Å². The molecule has 22 heavy (non-hydrogen) atoms. The van der Waals surface area contributed by atoms with Crippen molar-refractivity contribution in [3.63, 3.8) is 0 Å². The van der Waals surface area contributed by atoms with Crippen LogP contribution in [0.3, 0.4) is 0 Å². The minimum absolute atomic E-state index is 0.0716. The Kier molecular flexibility index (Phi) is 4.99. The van der Waals surface area contributed by atoms with Crippen LogP contribution in [0.25, 0.3) is 0 Å². The van der Waals surface area contributed by atoms with E-state index in [0.29, 0.717) is 17.1 Å². The summed E-state index contributed by atoms with van der Waals surface area (Å²) in [5.41, 5.74) is 1.32. The Morgan fingerprint density at radius 1 is 1.23 bits per heavy atom. The highest BCUT2D eigenvalue weighted by Crippen LogP contribution is 2.20. The summed E-state index contributed by atoms with van der Waals surface area (Å²) in [5, 5.41) is 2.87. The molecular formula is C17H19NO4. The zero-order chi connectivity index (χ0) is 16.1. The van der Waals surface area contributed by atoms with Gasteiger partial charge in [-0.05, 0) is 25.5 Å². The highest BCUT2D eigenvalue weighted by Gasteiger charge is 2.21. The van der Waals surface area contributed by atoms with E-state index in [1.165, 1.54) is 7.11 Å². The average Bonchev–Trinajstić information content (AvgIpc) is 2.86. The number of carbonyl (C=O) groups is 2. The maximum atomic E-state index is 12.4. The Balaban J connectivity index is 2.21. The van der Waals surface area contributed by atoms with Crippen LogP contribution in [-0.4, -0.2) is 19.0 Å². The monoisotopic (exact) mass is 301 g/mol. The predicted octanol–water partition coefficient (Wildman–Crippen LogP) is 2.93. The molecule has 0 saturated heterocycles. The number of hydrogen-bond acceptors (Lipinski definition) is 4. The van der Waals surface area contributed by atoms with Crippen LogP contribution in [0.1, 0.15) is 39.9 Å². The number of benzene rings is 1. The van der Waals surface area contributed by atoms with Crippen LogP contribution >= 0.6 is 0 Å². The fraction of sp³-hybridized carbons (Fsp3) is 0.294. The number of hydrogen-bond donors (Lipinski definition) is 1. The van der Waals surface area contributed by atoms with Crippen molar-refractivity contribution >= 4 is 11.9 Å². The molecule has 0 aliphatic carbocycles. The van der Waals surface area contributed by atoms with Gasteiger partial charge in [-0.2, -0.15) is 0 Å². The van der Waals surface area contributed by atoms with Crippen LogP contribution in [0.5, 0.6) is 0 Å². The number of carbonyl (C=O) groups excluding carboxylic acids is 2. The Morgan fingerprint density at radius 3 is 2.45 bits per heavy atom. The first kappa shape index (κ1) is 15.8. The van der Waals surface area contributed by atoms with Crippen LogP contribution in [-0.2, 0) is 9.53 Å². The van der Waals surface area contributed by atoms with Gasteiger partial charge in [0.1, 0.15) is 11.5 Å². The fourth-order valence-electron chi connectivity index (χ4n) is 2.28. The summed E-state index contributed by atoms with van der Waals surface area (Å²) in [6.07, 6.45) is 0.0716. The molecule has 5 nitrogen and oxygen atoms in total. The van der Waals surface area contributed by atoms with Gasteiger partial charge in [0.15, 0.2) is 0 Å². The lowest BCUT2D eigenvalue weighted by atomic mass is 10.0. The van der Waals surface area contributed by atoms with Crippen molar-refractivity contribution in [1.82, 2.24) is 5.32 Å². The average molecular weight is 301 g/mol. The molecule has 1 aromatic heterocycles. The molecule has 5 heteroatoms. The minimum atomic E-state index is -0.448. The van der Waals surface area contributed by atoms with E-state index in [9.17, 15) is 9.59 Å². The number of furan rings is 1. The Hall–Kier alpha value is -2.56. The van der Waals surface area contributed by atoms with E-state index in [2.05, 4.69) is 5.32 Å². The first-order chi connectivity index (χ1) is 10.5. The molecule has 1 amide bonds. The molecule has 2 aromatic rings. The lowest BCUT2D eigenvalue weighted by molar-refractivity contribution is -0.141. The third-order valence-electron chi connectivity index (χ3n) is 3.39. The van der Waals surface area contributed by atoms with E-state index in [4.69, 9.17) is 9.15 Å². The molecule has 0 spiro atoms. The lowest BCUT2D eigenvalue weighted by Crippen LogP contribution is -2.30. The molecule has 1 atom stereocenters. The third-order valence-corrected chi connectivity index (χ3v) is 3.39. The Labute approximate surface area is 129 Å². The maximum absolute atomic E-state index is 12.4. The van der Waals surface area contributed by atoms with Crippen LogP contribution in [0.4, 0.5) is 0 Å². The Bertz CT molecular complexity index is 661. The number of methoxy groups -OCH3 is 1. The second-order valence-electron chi connectivity index (χ2n) is 5.04. The van der Waals surface area contributed by atoms with Crippen LogP contribution in [0, 0.1) is 13.8 Å². The fourth-order valence-corrected chi connectivity index (χ4v) is 2.28. The lowest BCUT2D eigenvalue weighted by Gasteiger charge is -2.18. The molecule has 1 N–H and O–H groups in total. The van der Waals surface area contributed by atoms with Crippen molar-refractivity contribution in [2.75, 3.05) is 7.11 Å². The smallest absolute Gasteiger partial charge is 0.307 e. The summed E-state index contributed by atoms with van der Waals surface area (Å²) >= 11 is 0. The van der Waals surface area contributed by atoms with Gasteiger partial charge < -0.3 is 14.5 Å². The van der Waals surface area contributed by atoms with Gasteiger partial charge in [-0.3, -0.25) is 9.59 Å². The molecule has 0 aliphatic rings. The maximum Gasteiger partial charge on any atom is 0.307 e. The molecule has 1 aromatic carbocycles. The summed E-state index contributed by atoms with van der Waals surface area (Å²) in [6.45, 7) is 3.52. The van der Waals surface area contributed by atoms with E-state index in [1.807, 2.05) is 30.3 Å². The zero-order valence-electron chi connectivity index (χ0n) is 12.9. The number of aryl methyl sites for hydroxylation is 2. The first-order valence-corrected chi connectivity index (χ1v) is 7.01. The van der Waals surface area contributed by atoms with Gasteiger partial charge in [0, 0.05) is 0 Å². The van der Waals surface area contributed by atoms with Crippen LogP contribution in [0.15, 0.2) is 40.8 Å². The van der Waals surface area contributed by atoms with E-state index >= 15 is 0 Å². The summed E-state index contributed by atoms with van der Waals surface area (Å²) in [4.78, 5) is 24.0. The van der Waals surface area contributed by atoms with Crippen molar-refractivity contribution in [1.29, 1.82) is 0 Å². The molecular weight excluding hydrogens is 282 g/mol. The van der Waals surface area contributed by atoms with Crippen LogP contribution in [0.2, 0.25) is 0 Å². The van der Waals surface area contributed by atoms with Crippen molar-refractivity contribution < 1.29 is 18.7 Å². The molecule has 0 fully saturated rings. The van der Waals surface area contributed by atoms with Crippen molar-refractivity contribution in [2.45, 2.75) is 26.3 Å². The topological polar surface area (TPSA) is 68.5 Å². The highest BCUT2D eigenvalue weighted by atomic mass is 16.5. The van der Waals surface area contributed by atoms with E-state index in [0.717, 1.165) is 5.56 Å². The predicted molar refractivity (Wildman–Crippen MR) is 81.5 cm³/mol. The SMILES string of the molecule is COC(=O)C[C@H](NC(=O)c1cc(C)oc1C)c1ccccc1. The van der Waals surface area contributed by atoms with Gasteiger partial charge >= 0.3 is 5.97 Å². The molecule has 0 unspecified atom stereocenters. The van der Waals surface area contributed by atoms with Gasteiger partial charge in [0.05, 0.1) is 25.1 Å². The largest absolute Gasteiger partial charge is 0.469 e. The highest BCUT2D eigenvalue weighted by molar-refractivity contribution is 5.95. The summed E-state index contributed by atoms with van der Waals surface area (Å²) in [5.74, 6) is 0.577. The van der Waals surface area contributed by atoms with Crippen molar-refractivity contribution in [3.8, 4) is 0 Å². The van der Waals surface area contributed by atoms with Gasteiger partial charge in [0.25, 0.3) is 5.91 Å². The molecule has 116 valence electrons.